The largest absolute Gasteiger partial charge is 0.478 e. The number of likely N-dealkylation sites (tertiary alicyclic amines) is 1. The first-order chi connectivity index (χ1) is 9.15. The Hall–Kier alpha value is -1.95. The number of carbonyl (C=O) groups excluding carboxylic acids is 1. The summed E-state index contributed by atoms with van der Waals surface area (Å²) in [5, 5.41) is 11.4. The van der Waals surface area contributed by atoms with Gasteiger partial charge in [0, 0.05) is 19.2 Å². The topological polar surface area (TPSA) is 82.5 Å². The van der Waals surface area contributed by atoms with Crippen LogP contribution < -0.4 is 5.32 Å². The number of carboxylic acid groups (broad SMARTS) is 1. The fourth-order valence-corrected chi connectivity index (χ4v) is 2.07. The minimum absolute atomic E-state index is 0.0949. The number of aromatic nitrogens is 1. The highest BCUT2D eigenvalue weighted by molar-refractivity contribution is 5.91. The molecule has 1 aliphatic rings. The highest BCUT2D eigenvalue weighted by Crippen LogP contribution is 2.09. The number of nitrogens with zero attached hydrogens (tertiary/aromatic N) is 2. The molecule has 19 heavy (non-hydrogen) atoms. The predicted molar refractivity (Wildman–Crippen MR) is 70.1 cm³/mol. The average Bonchev–Trinajstić information content (AvgIpc) is 2.90. The zero-order valence-electron chi connectivity index (χ0n) is 10.6. The van der Waals surface area contributed by atoms with Gasteiger partial charge in [-0.3, -0.25) is 4.79 Å². The number of amides is 1. The lowest BCUT2D eigenvalue weighted by atomic mass is 10.3. The van der Waals surface area contributed by atoms with Crippen LogP contribution in [0.4, 0.5) is 5.82 Å². The summed E-state index contributed by atoms with van der Waals surface area (Å²) >= 11 is 0. The van der Waals surface area contributed by atoms with Crippen LogP contribution >= 0.6 is 0 Å². The van der Waals surface area contributed by atoms with Gasteiger partial charge in [-0.2, -0.15) is 0 Å². The number of nitrogens with one attached hydrogen (secondary N) is 1. The first kappa shape index (κ1) is 13.5. The van der Waals surface area contributed by atoms with Gasteiger partial charge in [-0.1, -0.05) is 0 Å². The molecule has 0 radical (unpaired) electrons. The molecule has 0 spiro atoms. The van der Waals surface area contributed by atoms with Crippen molar-refractivity contribution in [2.75, 3.05) is 25.0 Å². The van der Waals surface area contributed by atoms with Crippen LogP contribution in [-0.4, -0.2) is 46.5 Å². The van der Waals surface area contributed by atoms with Crippen LogP contribution in [0.3, 0.4) is 0 Å². The Bertz CT molecular complexity index is 453. The van der Waals surface area contributed by atoms with Gasteiger partial charge in [0.1, 0.15) is 5.82 Å². The van der Waals surface area contributed by atoms with E-state index in [4.69, 9.17) is 5.11 Å². The molecule has 0 unspecified atom stereocenters. The molecule has 2 rings (SSSR count). The SMILES string of the molecule is O=C(CCN1CCCC1)Nc1ccc(C(=O)O)cn1. The van der Waals surface area contributed by atoms with Crippen molar-refractivity contribution in [2.24, 2.45) is 0 Å². The Kier molecular flexibility index (Phi) is 4.46. The molecular weight excluding hydrogens is 246 g/mol. The zero-order valence-corrected chi connectivity index (χ0v) is 10.6. The fourth-order valence-electron chi connectivity index (χ4n) is 2.07. The maximum Gasteiger partial charge on any atom is 0.337 e. The van der Waals surface area contributed by atoms with E-state index in [0.717, 1.165) is 19.6 Å². The van der Waals surface area contributed by atoms with Gasteiger partial charge in [0.2, 0.25) is 5.91 Å². The Morgan fingerprint density at radius 3 is 2.63 bits per heavy atom. The van der Waals surface area contributed by atoms with Crippen molar-refractivity contribution in [3.63, 3.8) is 0 Å². The van der Waals surface area contributed by atoms with Crippen molar-refractivity contribution >= 4 is 17.7 Å². The molecule has 2 heterocycles. The van der Waals surface area contributed by atoms with Crippen molar-refractivity contribution in [3.8, 4) is 0 Å². The zero-order chi connectivity index (χ0) is 13.7. The molecule has 6 nitrogen and oxygen atoms in total. The molecule has 1 fully saturated rings. The first-order valence-electron chi connectivity index (χ1n) is 6.37. The number of aromatic carboxylic acids is 1. The molecule has 102 valence electrons. The Morgan fingerprint density at radius 1 is 1.32 bits per heavy atom. The van der Waals surface area contributed by atoms with Crippen LogP contribution in [0.15, 0.2) is 18.3 Å². The summed E-state index contributed by atoms with van der Waals surface area (Å²) in [5.41, 5.74) is 0.107. The van der Waals surface area contributed by atoms with Crippen LogP contribution in [0.2, 0.25) is 0 Å². The normalized spacial score (nSPS) is 15.4. The Balaban J connectivity index is 1.79. The van der Waals surface area contributed by atoms with Crippen LogP contribution in [-0.2, 0) is 4.79 Å². The molecule has 6 heteroatoms. The highest BCUT2D eigenvalue weighted by atomic mass is 16.4. The van der Waals surface area contributed by atoms with Gasteiger partial charge in [-0.25, -0.2) is 9.78 Å². The summed E-state index contributed by atoms with van der Waals surface area (Å²) in [6.45, 7) is 2.90. The Labute approximate surface area is 111 Å². The fraction of sp³-hybridized carbons (Fsp3) is 0.462. The van der Waals surface area contributed by atoms with Gasteiger partial charge in [0.25, 0.3) is 0 Å². The van der Waals surface area contributed by atoms with Crippen molar-refractivity contribution < 1.29 is 14.7 Å². The van der Waals surface area contributed by atoms with Crippen molar-refractivity contribution in [1.29, 1.82) is 0 Å². The van der Waals surface area contributed by atoms with Crippen molar-refractivity contribution in [2.45, 2.75) is 19.3 Å². The smallest absolute Gasteiger partial charge is 0.337 e. The molecule has 0 atom stereocenters. The van der Waals surface area contributed by atoms with Crippen LogP contribution in [0, 0.1) is 0 Å². The van der Waals surface area contributed by atoms with E-state index >= 15 is 0 Å². The molecule has 1 aliphatic heterocycles. The monoisotopic (exact) mass is 263 g/mol. The van der Waals surface area contributed by atoms with Crippen LogP contribution in [0.5, 0.6) is 0 Å². The summed E-state index contributed by atoms with van der Waals surface area (Å²) in [6, 6.07) is 2.92. The number of rotatable bonds is 5. The number of anilines is 1. The number of hydrogen-bond donors (Lipinski definition) is 2. The van der Waals surface area contributed by atoms with Gasteiger partial charge in [-0.15, -0.1) is 0 Å². The minimum Gasteiger partial charge on any atom is -0.478 e. The minimum atomic E-state index is -1.03. The molecule has 0 aromatic carbocycles. The average molecular weight is 263 g/mol. The lowest BCUT2D eigenvalue weighted by Gasteiger charge is -2.13. The molecule has 1 amide bonds. The van der Waals surface area contributed by atoms with Gasteiger partial charge >= 0.3 is 5.97 Å². The molecular formula is C13H17N3O3. The lowest BCUT2D eigenvalue weighted by Crippen LogP contribution is -2.25. The summed E-state index contributed by atoms with van der Waals surface area (Å²) in [4.78, 5) is 28.5. The molecule has 2 N–H and O–H groups in total. The standard InChI is InChI=1S/C13H17N3O3/c17-12(5-8-16-6-1-2-7-16)15-11-4-3-10(9-14-11)13(18)19/h3-4,9H,1-2,5-8H2,(H,18,19)(H,14,15,17). The number of carboxylic acids is 1. The van der Waals surface area contributed by atoms with Crippen LogP contribution in [0.25, 0.3) is 0 Å². The second-order valence-electron chi connectivity index (χ2n) is 4.58. The molecule has 0 saturated carbocycles. The highest BCUT2D eigenvalue weighted by Gasteiger charge is 2.13. The third kappa shape index (κ3) is 4.03. The molecule has 1 aromatic rings. The first-order valence-corrected chi connectivity index (χ1v) is 6.37. The van der Waals surface area contributed by atoms with Gasteiger partial charge in [-0.05, 0) is 38.1 Å². The maximum absolute atomic E-state index is 11.7. The van der Waals surface area contributed by atoms with E-state index in [1.165, 1.54) is 31.2 Å². The summed E-state index contributed by atoms with van der Waals surface area (Å²) < 4.78 is 0. The molecule has 1 aromatic heterocycles. The van der Waals surface area contributed by atoms with E-state index in [2.05, 4.69) is 15.2 Å². The van der Waals surface area contributed by atoms with Crippen LogP contribution in [0.1, 0.15) is 29.6 Å². The van der Waals surface area contributed by atoms with Gasteiger partial charge < -0.3 is 15.3 Å². The quantitative estimate of drug-likeness (QED) is 0.834. The van der Waals surface area contributed by atoms with Gasteiger partial charge in [0.15, 0.2) is 0 Å². The van der Waals surface area contributed by atoms with E-state index in [0.29, 0.717) is 12.2 Å². The molecule has 1 saturated heterocycles. The number of carbonyl (C=O) groups is 2. The van der Waals surface area contributed by atoms with E-state index < -0.39 is 5.97 Å². The molecule has 0 aliphatic carbocycles. The lowest BCUT2D eigenvalue weighted by molar-refractivity contribution is -0.116. The van der Waals surface area contributed by atoms with E-state index in [9.17, 15) is 9.59 Å². The third-order valence-corrected chi connectivity index (χ3v) is 3.13. The van der Waals surface area contributed by atoms with E-state index in [1.807, 2.05) is 0 Å². The third-order valence-electron chi connectivity index (χ3n) is 3.13. The number of pyridine rings is 1. The maximum atomic E-state index is 11.7. The molecule has 0 bridgehead atoms. The predicted octanol–water partition coefficient (Wildman–Crippen LogP) is 1.20. The van der Waals surface area contributed by atoms with E-state index in [1.54, 1.807) is 0 Å². The summed E-state index contributed by atoms with van der Waals surface area (Å²) in [5.74, 6) is -0.738. The van der Waals surface area contributed by atoms with Gasteiger partial charge in [0.05, 0.1) is 5.56 Å². The summed E-state index contributed by atoms with van der Waals surface area (Å²) in [7, 11) is 0. The van der Waals surface area contributed by atoms with Crippen molar-refractivity contribution in [1.82, 2.24) is 9.88 Å². The number of hydrogen-bond acceptors (Lipinski definition) is 4. The second kappa shape index (κ2) is 6.29. The second-order valence-corrected chi connectivity index (χ2v) is 4.58. The summed E-state index contributed by atoms with van der Waals surface area (Å²) in [6.07, 6.45) is 4.08. The van der Waals surface area contributed by atoms with E-state index in [-0.39, 0.29) is 11.5 Å². The van der Waals surface area contributed by atoms with Crippen molar-refractivity contribution in [3.05, 3.63) is 23.9 Å². The Morgan fingerprint density at radius 2 is 2.05 bits per heavy atom.